The van der Waals surface area contributed by atoms with Gasteiger partial charge >= 0.3 is 11.9 Å². The summed E-state index contributed by atoms with van der Waals surface area (Å²) in [5.74, 6) is -0.613. The molecule has 24 heavy (non-hydrogen) atoms. The summed E-state index contributed by atoms with van der Waals surface area (Å²) in [5, 5.41) is 0. The summed E-state index contributed by atoms with van der Waals surface area (Å²) < 4.78 is 16.2. The van der Waals surface area contributed by atoms with Gasteiger partial charge in [-0.3, -0.25) is 0 Å². The van der Waals surface area contributed by atoms with Crippen LogP contribution in [0.4, 0.5) is 0 Å². The Balaban J connectivity index is 2.08. The van der Waals surface area contributed by atoms with Crippen molar-refractivity contribution in [2.75, 3.05) is 13.7 Å². The highest BCUT2D eigenvalue weighted by atomic mass is 79.9. The van der Waals surface area contributed by atoms with E-state index in [4.69, 9.17) is 14.2 Å². The number of halogens is 1. The number of rotatable bonds is 6. The summed E-state index contributed by atoms with van der Waals surface area (Å²) in [7, 11) is 1.54. The molecule has 0 amide bonds. The van der Waals surface area contributed by atoms with Gasteiger partial charge in [-0.25, -0.2) is 14.6 Å². The van der Waals surface area contributed by atoms with E-state index in [9.17, 15) is 9.59 Å². The number of pyridine rings is 1. The van der Waals surface area contributed by atoms with Crippen LogP contribution in [0.15, 0.2) is 40.9 Å². The van der Waals surface area contributed by atoms with Gasteiger partial charge in [0, 0.05) is 10.0 Å². The largest absolute Gasteiger partial charge is 0.496 e. The minimum absolute atomic E-state index is 0.0284. The van der Waals surface area contributed by atoms with Crippen LogP contribution in [0, 0.1) is 0 Å². The zero-order valence-electron chi connectivity index (χ0n) is 13.2. The second-order valence-electron chi connectivity index (χ2n) is 4.66. The SMILES string of the molecule is CCOC(=O)c1cccc(C(=O)OCc2ccc(Br)cc2OC)n1. The van der Waals surface area contributed by atoms with Crippen LogP contribution >= 0.6 is 15.9 Å². The smallest absolute Gasteiger partial charge is 0.357 e. The van der Waals surface area contributed by atoms with Crippen LogP contribution in [0.2, 0.25) is 0 Å². The number of benzene rings is 1. The lowest BCUT2D eigenvalue weighted by molar-refractivity contribution is 0.0462. The summed E-state index contributed by atoms with van der Waals surface area (Å²) in [6, 6.07) is 9.90. The Morgan fingerprint density at radius 1 is 1.08 bits per heavy atom. The second kappa shape index (κ2) is 8.44. The van der Waals surface area contributed by atoms with Crippen molar-refractivity contribution in [2.45, 2.75) is 13.5 Å². The zero-order valence-corrected chi connectivity index (χ0v) is 14.8. The van der Waals surface area contributed by atoms with Gasteiger partial charge in [0.15, 0.2) is 0 Å². The normalized spacial score (nSPS) is 10.1. The molecule has 2 rings (SSSR count). The maximum absolute atomic E-state index is 12.1. The molecule has 0 saturated heterocycles. The Morgan fingerprint density at radius 2 is 1.75 bits per heavy atom. The number of esters is 2. The Labute approximate surface area is 147 Å². The molecular weight excluding hydrogens is 378 g/mol. The molecule has 1 aromatic heterocycles. The van der Waals surface area contributed by atoms with E-state index < -0.39 is 11.9 Å². The van der Waals surface area contributed by atoms with Crippen LogP contribution in [0.25, 0.3) is 0 Å². The monoisotopic (exact) mass is 393 g/mol. The third-order valence-electron chi connectivity index (χ3n) is 3.05. The van der Waals surface area contributed by atoms with E-state index in [1.54, 1.807) is 25.1 Å². The molecule has 0 unspecified atom stereocenters. The lowest BCUT2D eigenvalue weighted by Gasteiger charge is -2.10. The number of aromatic nitrogens is 1. The molecule has 6 nitrogen and oxygen atoms in total. The minimum Gasteiger partial charge on any atom is -0.496 e. The Kier molecular flexibility index (Phi) is 6.31. The van der Waals surface area contributed by atoms with Gasteiger partial charge in [-0.2, -0.15) is 0 Å². The average Bonchev–Trinajstić information content (AvgIpc) is 2.60. The summed E-state index contributed by atoms with van der Waals surface area (Å²) in [6.45, 7) is 1.96. The van der Waals surface area contributed by atoms with E-state index in [0.29, 0.717) is 5.75 Å². The topological polar surface area (TPSA) is 74.7 Å². The van der Waals surface area contributed by atoms with Crippen molar-refractivity contribution in [1.29, 1.82) is 0 Å². The molecule has 0 aliphatic rings. The lowest BCUT2D eigenvalue weighted by Crippen LogP contribution is -2.12. The lowest BCUT2D eigenvalue weighted by atomic mass is 10.2. The maximum Gasteiger partial charge on any atom is 0.357 e. The van der Waals surface area contributed by atoms with Crippen molar-refractivity contribution >= 4 is 27.9 Å². The molecule has 0 aliphatic carbocycles. The van der Waals surface area contributed by atoms with Gasteiger partial charge in [-0.1, -0.05) is 28.1 Å². The Morgan fingerprint density at radius 3 is 2.38 bits per heavy atom. The molecule has 0 N–H and O–H groups in total. The van der Waals surface area contributed by atoms with E-state index in [-0.39, 0.29) is 24.6 Å². The molecule has 0 bridgehead atoms. The van der Waals surface area contributed by atoms with Crippen LogP contribution in [0.1, 0.15) is 33.5 Å². The first-order valence-corrected chi connectivity index (χ1v) is 7.98. The molecule has 0 aliphatic heterocycles. The predicted octanol–water partition coefficient (Wildman–Crippen LogP) is 3.39. The van der Waals surface area contributed by atoms with E-state index >= 15 is 0 Å². The average molecular weight is 394 g/mol. The molecule has 0 fully saturated rings. The molecule has 126 valence electrons. The molecule has 0 spiro atoms. The molecule has 1 heterocycles. The Bertz CT molecular complexity index is 748. The van der Waals surface area contributed by atoms with Crippen molar-refractivity contribution in [3.05, 3.63) is 57.8 Å². The van der Waals surface area contributed by atoms with Gasteiger partial charge < -0.3 is 14.2 Å². The fourth-order valence-electron chi connectivity index (χ4n) is 1.92. The van der Waals surface area contributed by atoms with Crippen molar-refractivity contribution in [2.24, 2.45) is 0 Å². The minimum atomic E-state index is -0.633. The number of nitrogens with zero attached hydrogens (tertiary/aromatic N) is 1. The van der Waals surface area contributed by atoms with E-state index in [0.717, 1.165) is 10.0 Å². The van der Waals surface area contributed by atoms with Crippen LogP contribution in [0.5, 0.6) is 5.75 Å². The van der Waals surface area contributed by atoms with Crippen LogP contribution in [-0.2, 0) is 16.1 Å². The third kappa shape index (κ3) is 4.55. The van der Waals surface area contributed by atoms with Gasteiger partial charge in [-0.15, -0.1) is 0 Å². The third-order valence-corrected chi connectivity index (χ3v) is 3.54. The van der Waals surface area contributed by atoms with Gasteiger partial charge in [0.2, 0.25) is 0 Å². The van der Waals surface area contributed by atoms with E-state index in [1.165, 1.54) is 19.2 Å². The molecule has 2 aromatic rings. The summed E-state index contributed by atoms with van der Waals surface area (Å²) >= 11 is 3.35. The highest BCUT2D eigenvalue weighted by Crippen LogP contribution is 2.24. The molecule has 0 radical (unpaired) electrons. The van der Waals surface area contributed by atoms with Gasteiger partial charge in [0.25, 0.3) is 0 Å². The number of hydrogen-bond acceptors (Lipinski definition) is 6. The maximum atomic E-state index is 12.1. The van der Waals surface area contributed by atoms with E-state index in [1.807, 2.05) is 6.07 Å². The number of methoxy groups -OCH3 is 1. The van der Waals surface area contributed by atoms with Crippen molar-refractivity contribution in [1.82, 2.24) is 4.98 Å². The number of hydrogen-bond donors (Lipinski definition) is 0. The fourth-order valence-corrected chi connectivity index (χ4v) is 2.26. The summed E-state index contributed by atoms with van der Waals surface area (Å²) in [5.41, 5.74) is 0.819. The number of carbonyl (C=O) groups is 2. The quantitative estimate of drug-likeness (QED) is 0.700. The molecule has 0 saturated carbocycles. The van der Waals surface area contributed by atoms with Gasteiger partial charge in [0.05, 0.1) is 13.7 Å². The number of ether oxygens (including phenoxy) is 3. The molecule has 7 heteroatoms. The van der Waals surface area contributed by atoms with Crippen molar-refractivity contribution in [3.8, 4) is 5.75 Å². The standard InChI is InChI=1S/C17H16BrNO5/c1-3-23-16(20)13-5-4-6-14(19-13)17(21)24-10-11-7-8-12(18)9-15(11)22-2/h4-9H,3,10H2,1-2H3. The predicted molar refractivity (Wildman–Crippen MR) is 90.0 cm³/mol. The first kappa shape index (κ1) is 17.9. The number of carbonyl (C=O) groups excluding carboxylic acids is 2. The highest BCUT2D eigenvalue weighted by molar-refractivity contribution is 9.10. The zero-order chi connectivity index (χ0) is 17.5. The first-order chi connectivity index (χ1) is 11.5. The highest BCUT2D eigenvalue weighted by Gasteiger charge is 2.15. The van der Waals surface area contributed by atoms with Crippen molar-refractivity contribution in [3.63, 3.8) is 0 Å². The molecule has 1 aromatic carbocycles. The van der Waals surface area contributed by atoms with Gasteiger partial charge in [-0.05, 0) is 31.2 Å². The second-order valence-corrected chi connectivity index (χ2v) is 5.58. The molecule has 0 atom stereocenters. The Hall–Kier alpha value is -2.41. The van der Waals surface area contributed by atoms with Crippen LogP contribution < -0.4 is 4.74 Å². The van der Waals surface area contributed by atoms with Crippen LogP contribution in [-0.4, -0.2) is 30.6 Å². The first-order valence-electron chi connectivity index (χ1n) is 7.19. The van der Waals surface area contributed by atoms with Crippen molar-refractivity contribution < 1.29 is 23.8 Å². The van der Waals surface area contributed by atoms with Crippen LogP contribution in [0.3, 0.4) is 0 Å². The fraction of sp³-hybridized carbons (Fsp3) is 0.235. The van der Waals surface area contributed by atoms with Gasteiger partial charge in [0.1, 0.15) is 23.7 Å². The summed E-state index contributed by atoms with van der Waals surface area (Å²) in [6.07, 6.45) is 0. The van der Waals surface area contributed by atoms with E-state index in [2.05, 4.69) is 20.9 Å². The molecular formula is C17H16BrNO5. The summed E-state index contributed by atoms with van der Waals surface area (Å²) in [4.78, 5) is 27.8.